The number of thioether (sulfide) groups is 1. The maximum atomic E-state index is 12.3. The van der Waals surface area contributed by atoms with E-state index in [-0.39, 0.29) is 5.78 Å². The van der Waals surface area contributed by atoms with E-state index in [4.69, 9.17) is 0 Å². The van der Waals surface area contributed by atoms with E-state index in [1.165, 1.54) is 30.8 Å². The topological polar surface area (TPSA) is 17.1 Å². The van der Waals surface area contributed by atoms with Gasteiger partial charge >= 0.3 is 6.18 Å². The van der Waals surface area contributed by atoms with Crippen molar-refractivity contribution in [1.82, 2.24) is 0 Å². The molecule has 5 heteroatoms. The monoisotopic (exact) mass is 274 g/mol. The second-order valence-electron chi connectivity index (χ2n) is 3.71. The van der Waals surface area contributed by atoms with Gasteiger partial charge < -0.3 is 0 Å². The van der Waals surface area contributed by atoms with Crippen LogP contribution in [0.15, 0.2) is 41.3 Å². The molecule has 0 saturated heterocycles. The highest BCUT2D eigenvalue weighted by atomic mass is 32.2. The lowest BCUT2D eigenvalue weighted by molar-refractivity contribution is -0.137. The van der Waals surface area contributed by atoms with Gasteiger partial charge in [0.15, 0.2) is 0 Å². The minimum absolute atomic E-state index is 0.0887. The molecule has 0 aliphatic rings. The summed E-state index contributed by atoms with van der Waals surface area (Å²) >= 11 is 1.43. The standard InChI is InChI=1S/C13H13F3OS/c1-10(17)4-2-3-9-18-12-7-5-11(6-8-12)13(14,15)16/h2-3,5-8H,4,9H2,1H3/b3-2+. The second-order valence-corrected chi connectivity index (χ2v) is 4.80. The highest BCUT2D eigenvalue weighted by Crippen LogP contribution is 2.30. The van der Waals surface area contributed by atoms with E-state index in [0.717, 1.165) is 17.0 Å². The maximum Gasteiger partial charge on any atom is 0.416 e. The van der Waals surface area contributed by atoms with Gasteiger partial charge in [0.25, 0.3) is 0 Å². The summed E-state index contributed by atoms with van der Waals surface area (Å²) in [6, 6.07) is 5.04. The molecule has 0 N–H and O–H groups in total. The van der Waals surface area contributed by atoms with Gasteiger partial charge in [-0.05, 0) is 31.2 Å². The number of benzene rings is 1. The van der Waals surface area contributed by atoms with Crippen LogP contribution in [0.25, 0.3) is 0 Å². The fourth-order valence-corrected chi connectivity index (χ4v) is 1.96. The first-order valence-corrected chi connectivity index (χ1v) is 6.32. The lowest BCUT2D eigenvalue weighted by atomic mass is 10.2. The Balaban J connectivity index is 2.45. The number of allylic oxidation sites excluding steroid dienone is 1. The molecule has 0 saturated carbocycles. The highest BCUT2D eigenvalue weighted by Gasteiger charge is 2.29. The summed E-state index contributed by atoms with van der Waals surface area (Å²) in [7, 11) is 0. The van der Waals surface area contributed by atoms with Crippen LogP contribution in [0.1, 0.15) is 18.9 Å². The molecule has 0 atom stereocenters. The number of Topliss-reactive ketones (excluding diaryl/α,β-unsaturated/α-hetero) is 1. The van der Waals surface area contributed by atoms with Crippen molar-refractivity contribution in [3.8, 4) is 0 Å². The minimum atomic E-state index is -4.29. The van der Waals surface area contributed by atoms with Gasteiger partial charge in [0.2, 0.25) is 0 Å². The third-order valence-electron chi connectivity index (χ3n) is 2.10. The molecule has 1 aromatic rings. The largest absolute Gasteiger partial charge is 0.416 e. The lowest BCUT2D eigenvalue weighted by Crippen LogP contribution is -2.03. The predicted molar refractivity (Wildman–Crippen MR) is 66.6 cm³/mol. The van der Waals surface area contributed by atoms with E-state index in [9.17, 15) is 18.0 Å². The van der Waals surface area contributed by atoms with Crippen molar-refractivity contribution < 1.29 is 18.0 Å². The molecular weight excluding hydrogens is 261 g/mol. The summed E-state index contributed by atoms with van der Waals surface area (Å²) in [6.07, 6.45) is -0.290. The number of carbonyl (C=O) groups is 1. The first-order chi connectivity index (χ1) is 8.39. The molecule has 0 spiro atoms. The van der Waals surface area contributed by atoms with Crippen LogP contribution in [0, 0.1) is 0 Å². The molecule has 0 fully saturated rings. The zero-order valence-electron chi connectivity index (χ0n) is 9.83. The minimum Gasteiger partial charge on any atom is -0.300 e. The van der Waals surface area contributed by atoms with Gasteiger partial charge in [-0.1, -0.05) is 12.2 Å². The maximum absolute atomic E-state index is 12.3. The molecule has 0 bridgehead atoms. The van der Waals surface area contributed by atoms with Crippen LogP contribution >= 0.6 is 11.8 Å². The van der Waals surface area contributed by atoms with Crippen LogP contribution < -0.4 is 0 Å². The number of hydrogen-bond donors (Lipinski definition) is 0. The molecule has 18 heavy (non-hydrogen) atoms. The molecule has 1 rings (SSSR count). The Bertz CT molecular complexity index is 421. The highest BCUT2D eigenvalue weighted by molar-refractivity contribution is 7.99. The SMILES string of the molecule is CC(=O)C/C=C/CSc1ccc(C(F)(F)F)cc1. The summed E-state index contributed by atoms with van der Waals surface area (Å²) in [6.45, 7) is 1.51. The Morgan fingerprint density at radius 1 is 1.22 bits per heavy atom. The van der Waals surface area contributed by atoms with Crippen LogP contribution in [0.5, 0.6) is 0 Å². The van der Waals surface area contributed by atoms with Crippen molar-refractivity contribution in [1.29, 1.82) is 0 Å². The van der Waals surface area contributed by atoms with Gasteiger partial charge in [0.1, 0.15) is 5.78 Å². The van der Waals surface area contributed by atoms with E-state index in [2.05, 4.69) is 0 Å². The zero-order valence-corrected chi connectivity index (χ0v) is 10.6. The van der Waals surface area contributed by atoms with Gasteiger partial charge in [-0.15, -0.1) is 11.8 Å². The van der Waals surface area contributed by atoms with Gasteiger partial charge in [-0.25, -0.2) is 0 Å². The number of ketones is 1. The fraction of sp³-hybridized carbons (Fsp3) is 0.308. The molecular formula is C13H13F3OS. The Kier molecular flexibility index (Phi) is 5.47. The normalized spacial score (nSPS) is 12.0. The van der Waals surface area contributed by atoms with Crippen molar-refractivity contribution >= 4 is 17.5 Å². The molecule has 0 aliphatic heterocycles. The Hall–Kier alpha value is -1.23. The van der Waals surface area contributed by atoms with Crippen molar-refractivity contribution in [3.63, 3.8) is 0 Å². The average molecular weight is 274 g/mol. The van der Waals surface area contributed by atoms with Crippen molar-refractivity contribution in [2.45, 2.75) is 24.4 Å². The first kappa shape index (κ1) is 14.8. The van der Waals surface area contributed by atoms with Crippen molar-refractivity contribution in [3.05, 3.63) is 42.0 Å². The van der Waals surface area contributed by atoms with E-state index >= 15 is 0 Å². The van der Waals surface area contributed by atoms with E-state index in [1.807, 2.05) is 6.08 Å². The molecule has 0 aromatic heterocycles. The smallest absolute Gasteiger partial charge is 0.300 e. The van der Waals surface area contributed by atoms with Crippen molar-refractivity contribution in [2.75, 3.05) is 5.75 Å². The van der Waals surface area contributed by atoms with Gasteiger partial charge in [-0.3, -0.25) is 4.79 Å². The molecule has 98 valence electrons. The molecule has 0 radical (unpaired) electrons. The third kappa shape index (κ3) is 5.40. The Labute approximate surface area is 108 Å². The number of halogens is 3. The molecule has 0 unspecified atom stereocenters. The molecule has 0 heterocycles. The molecule has 0 amide bonds. The number of alkyl halides is 3. The van der Waals surface area contributed by atoms with E-state index < -0.39 is 11.7 Å². The summed E-state index contributed by atoms with van der Waals surface area (Å²) in [5.74, 6) is 0.726. The summed E-state index contributed by atoms with van der Waals surface area (Å²) < 4.78 is 36.9. The van der Waals surface area contributed by atoms with Crippen LogP contribution in [-0.2, 0) is 11.0 Å². The predicted octanol–water partition coefficient (Wildman–Crippen LogP) is 4.33. The quantitative estimate of drug-likeness (QED) is 0.587. The second kappa shape index (κ2) is 6.64. The van der Waals surface area contributed by atoms with E-state index in [0.29, 0.717) is 12.2 Å². The number of carbonyl (C=O) groups excluding carboxylic acids is 1. The van der Waals surface area contributed by atoms with Crippen molar-refractivity contribution in [2.24, 2.45) is 0 Å². The van der Waals surface area contributed by atoms with Crippen LogP contribution in [0.3, 0.4) is 0 Å². The third-order valence-corrected chi connectivity index (χ3v) is 3.06. The van der Waals surface area contributed by atoms with Gasteiger partial charge in [0.05, 0.1) is 5.56 Å². The van der Waals surface area contributed by atoms with Gasteiger partial charge in [0, 0.05) is 17.1 Å². The zero-order chi connectivity index (χ0) is 13.6. The summed E-state index contributed by atoms with van der Waals surface area (Å²) in [5, 5.41) is 0. The average Bonchev–Trinajstić information content (AvgIpc) is 2.27. The fourth-order valence-electron chi connectivity index (χ4n) is 1.20. The number of hydrogen-bond acceptors (Lipinski definition) is 2. The van der Waals surface area contributed by atoms with E-state index in [1.54, 1.807) is 6.08 Å². The number of rotatable bonds is 5. The molecule has 1 aromatic carbocycles. The van der Waals surface area contributed by atoms with Crippen LogP contribution in [0.2, 0.25) is 0 Å². The lowest BCUT2D eigenvalue weighted by Gasteiger charge is -2.06. The molecule has 1 nitrogen and oxygen atoms in total. The van der Waals surface area contributed by atoms with Crippen LogP contribution in [0.4, 0.5) is 13.2 Å². The Morgan fingerprint density at radius 2 is 1.83 bits per heavy atom. The van der Waals surface area contributed by atoms with Crippen LogP contribution in [-0.4, -0.2) is 11.5 Å². The first-order valence-electron chi connectivity index (χ1n) is 5.34. The Morgan fingerprint density at radius 3 is 2.33 bits per heavy atom. The summed E-state index contributed by atoms with van der Waals surface area (Å²) in [4.78, 5) is 11.4. The van der Waals surface area contributed by atoms with Gasteiger partial charge in [-0.2, -0.15) is 13.2 Å². The molecule has 0 aliphatic carbocycles. The summed E-state index contributed by atoms with van der Waals surface area (Å²) in [5.41, 5.74) is -0.640.